The van der Waals surface area contributed by atoms with E-state index in [0.717, 1.165) is 18.4 Å². The normalized spacial score (nSPS) is 29.9. The summed E-state index contributed by atoms with van der Waals surface area (Å²) in [6.07, 6.45) is 0. The van der Waals surface area contributed by atoms with Gasteiger partial charge < -0.3 is 10.2 Å². The molecule has 2 aliphatic heterocycles. The molecular weight excluding hydrogens is 172 g/mol. The smallest absolute Gasteiger partial charge is 0.0399 e. The van der Waals surface area contributed by atoms with Gasteiger partial charge in [-0.25, -0.2) is 0 Å². The SMILES string of the molecule is CN1CC2CNCC2c2ccccc21. The molecule has 1 saturated heterocycles. The van der Waals surface area contributed by atoms with Gasteiger partial charge in [-0.3, -0.25) is 0 Å². The average molecular weight is 188 g/mol. The zero-order chi connectivity index (χ0) is 9.54. The summed E-state index contributed by atoms with van der Waals surface area (Å²) in [5, 5.41) is 3.50. The third-order valence-corrected chi connectivity index (χ3v) is 3.60. The van der Waals surface area contributed by atoms with E-state index in [2.05, 4.69) is 41.5 Å². The Hall–Kier alpha value is -1.02. The lowest BCUT2D eigenvalue weighted by Gasteiger charge is -2.35. The Labute approximate surface area is 84.9 Å². The third kappa shape index (κ3) is 1.07. The second kappa shape index (κ2) is 2.99. The molecule has 2 aliphatic rings. The van der Waals surface area contributed by atoms with E-state index in [4.69, 9.17) is 0 Å². The number of hydrogen-bond donors (Lipinski definition) is 1. The molecular formula is C12H16N2. The van der Waals surface area contributed by atoms with Crippen molar-refractivity contribution in [2.24, 2.45) is 5.92 Å². The van der Waals surface area contributed by atoms with Gasteiger partial charge in [0.2, 0.25) is 0 Å². The van der Waals surface area contributed by atoms with E-state index in [1.165, 1.54) is 24.3 Å². The van der Waals surface area contributed by atoms with Crippen molar-refractivity contribution in [3.8, 4) is 0 Å². The van der Waals surface area contributed by atoms with E-state index in [9.17, 15) is 0 Å². The fourth-order valence-corrected chi connectivity index (χ4v) is 2.89. The first-order valence-electron chi connectivity index (χ1n) is 5.37. The van der Waals surface area contributed by atoms with E-state index in [1.54, 1.807) is 0 Å². The Balaban J connectivity index is 2.09. The third-order valence-electron chi connectivity index (χ3n) is 3.60. The zero-order valence-corrected chi connectivity index (χ0v) is 8.53. The van der Waals surface area contributed by atoms with Crippen LogP contribution < -0.4 is 10.2 Å². The number of rotatable bonds is 0. The molecule has 2 heterocycles. The highest BCUT2D eigenvalue weighted by atomic mass is 15.1. The van der Waals surface area contributed by atoms with E-state index in [-0.39, 0.29) is 0 Å². The summed E-state index contributed by atoms with van der Waals surface area (Å²) >= 11 is 0. The highest BCUT2D eigenvalue weighted by molar-refractivity contribution is 5.57. The van der Waals surface area contributed by atoms with Crippen LogP contribution in [0.5, 0.6) is 0 Å². The second-order valence-corrected chi connectivity index (χ2v) is 4.46. The fourth-order valence-electron chi connectivity index (χ4n) is 2.89. The summed E-state index contributed by atoms with van der Waals surface area (Å²) in [4.78, 5) is 2.39. The minimum Gasteiger partial charge on any atom is -0.374 e. The van der Waals surface area contributed by atoms with Crippen LogP contribution >= 0.6 is 0 Å². The minimum atomic E-state index is 0.752. The van der Waals surface area contributed by atoms with Crippen LogP contribution in [0, 0.1) is 5.92 Å². The first kappa shape index (κ1) is 8.30. The topological polar surface area (TPSA) is 15.3 Å². The molecule has 1 fully saturated rings. The quantitative estimate of drug-likeness (QED) is 0.662. The van der Waals surface area contributed by atoms with Crippen molar-refractivity contribution >= 4 is 5.69 Å². The van der Waals surface area contributed by atoms with Crippen molar-refractivity contribution in [2.75, 3.05) is 31.6 Å². The number of nitrogens with zero attached hydrogens (tertiary/aromatic N) is 1. The lowest BCUT2D eigenvalue weighted by molar-refractivity contribution is 0.496. The Morgan fingerprint density at radius 1 is 1.29 bits per heavy atom. The van der Waals surface area contributed by atoms with Crippen molar-refractivity contribution in [3.05, 3.63) is 29.8 Å². The van der Waals surface area contributed by atoms with Crippen molar-refractivity contribution < 1.29 is 0 Å². The number of hydrogen-bond acceptors (Lipinski definition) is 2. The molecule has 1 aromatic carbocycles. The molecule has 3 rings (SSSR count). The van der Waals surface area contributed by atoms with E-state index in [1.807, 2.05) is 0 Å². The molecule has 1 N–H and O–H groups in total. The minimum absolute atomic E-state index is 0.752. The number of fused-ring (bicyclic) bond motifs is 3. The van der Waals surface area contributed by atoms with Gasteiger partial charge in [0.1, 0.15) is 0 Å². The lowest BCUT2D eigenvalue weighted by Crippen LogP contribution is -2.34. The van der Waals surface area contributed by atoms with Crippen LogP contribution in [0.25, 0.3) is 0 Å². The molecule has 14 heavy (non-hydrogen) atoms. The van der Waals surface area contributed by atoms with Crippen LogP contribution in [0.4, 0.5) is 5.69 Å². The largest absolute Gasteiger partial charge is 0.374 e. The molecule has 2 heteroatoms. The highest BCUT2D eigenvalue weighted by Gasteiger charge is 2.34. The molecule has 0 bridgehead atoms. The molecule has 2 atom stereocenters. The molecule has 0 aromatic heterocycles. The van der Waals surface area contributed by atoms with Crippen LogP contribution in [0.2, 0.25) is 0 Å². The first-order chi connectivity index (χ1) is 6.86. The maximum Gasteiger partial charge on any atom is 0.0399 e. The van der Waals surface area contributed by atoms with Crippen molar-refractivity contribution in [1.29, 1.82) is 0 Å². The Morgan fingerprint density at radius 3 is 3.07 bits per heavy atom. The molecule has 0 saturated carbocycles. The molecule has 0 aliphatic carbocycles. The maximum atomic E-state index is 3.50. The summed E-state index contributed by atoms with van der Waals surface area (Å²) in [5.41, 5.74) is 2.97. The fraction of sp³-hybridized carbons (Fsp3) is 0.500. The van der Waals surface area contributed by atoms with Gasteiger partial charge in [-0.15, -0.1) is 0 Å². The summed E-state index contributed by atoms with van der Waals surface area (Å²) < 4.78 is 0. The van der Waals surface area contributed by atoms with Gasteiger partial charge in [-0.05, 0) is 17.5 Å². The summed E-state index contributed by atoms with van der Waals surface area (Å²) in [7, 11) is 2.20. The van der Waals surface area contributed by atoms with Crippen LogP contribution in [-0.2, 0) is 0 Å². The standard InChI is InChI=1S/C12H16N2/c1-14-8-9-6-13-7-11(9)10-4-2-3-5-12(10)14/h2-5,9,11,13H,6-8H2,1H3. The van der Waals surface area contributed by atoms with Gasteiger partial charge in [-0.2, -0.15) is 0 Å². The summed E-state index contributed by atoms with van der Waals surface area (Å²) in [6, 6.07) is 8.82. The van der Waals surface area contributed by atoms with Crippen LogP contribution in [0.15, 0.2) is 24.3 Å². The van der Waals surface area contributed by atoms with Gasteiger partial charge in [0.15, 0.2) is 0 Å². The highest BCUT2D eigenvalue weighted by Crippen LogP contribution is 2.39. The van der Waals surface area contributed by atoms with Crippen molar-refractivity contribution in [2.45, 2.75) is 5.92 Å². The molecule has 0 spiro atoms. The van der Waals surface area contributed by atoms with Crippen LogP contribution in [0.3, 0.4) is 0 Å². The summed E-state index contributed by atoms with van der Waals surface area (Å²) in [5.74, 6) is 1.57. The zero-order valence-electron chi connectivity index (χ0n) is 8.53. The first-order valence-corrected chi connectivity index (χ1v) is 5.37. The number of para-hydroxylation sites is 1. The van der Waals surface area contributed by atoms with Gasteiger partial charge in [0.25, 0.3) is 0 Å². The average Bonchev–Trinajstić information content (AvgIpc) is 2.66. The number of benzene rings is 1. The lowest BCUT2D eigenvalue weighted by atomic mass is 9.84. The van der Waals surface area contributed by atoms with E-state index < -0.39 is 0 Å². The molecule has 0 radical (unpaired) electrons. The van der Waals surface area contributed by atoms with Gasteiger partial charge in [0.05, 0.1) is 0 Å². The predicted molar refractivity (Wildman–Crippen MR) is 58.8 cm³/mol. The Bertz CT molecular complexity index is 348. The van der Waals surface area contributed by atoms with Gasteiger partial charge >= 0.3 is 0 Å². The Kier molecular flexibility index (Phi) is 1.77. The van der Waals surface area contributed by atoms with Gasteiger partial charge in [0, 0.05) is 38.3 Å². The molecule has 0 amide bonds. The van der Waals surface area contributed by atoms with Crippen molar-refractivity contribution in [3.63, 3.8) is 0 Å². The van der Waals surface area contributed by atoms with E-state index in [0.29, 0.717) is 0 Å². The maximum absolute atomic E-state index is 3.50. The summed E-state index contributed by atoms with van der Waals surface area (Å²) in [6.45, 7) is 3.55. The van der Waals surface area contributed by atoms with Gasteiger partial charge in [-0.1, -0.05) is 18.2 Å². The van der Waals surface area contributed by atoms with Crippen molar-refractivity contribution in [1.82, 2.24) is 5.32 Å². The Morgan fingerprint density at radius 2 is 2.14 bits per heavy atom. The van der Waals surface area contributed by atoms with E-state index >= 15 is 0 Å². The molecule has 2 unspecified atom stereocenters. The number of anilines is 1. The van der Waals surface area contributed by atoms with Crippen LogP contribution in [0.1, 0.15) is 11.5 Å². The second-order valence-electron chi connectivity index (χ2n) is 4.46. The molecule has 1 aromatic rings. The predicted octanol–water partition coefficient (Wildman–Crippen LogP) is 1.44. The van der Waals surface area contributed by atoms with Crippen LogP contribution in [-0.4, -0.2) is 26.7 Å². The number of nitrogens with one attached hydrogen (secondary N) is 1. The monoisotopic (exact) mass is 188 g/mol. The molecule has 2 nitrogen and oxygen atoms in total. The molecule has 74 valence electrons.